The summed E-state index contributed by atoms with van der Waals surface area (Å²) >= 11 is 0. The lowest BCUT2D eigenvalue weighted by Crippen LogP contribution is -2.43. The van der Waals surface area contributed by atoms with E-state index in [0.29, 0.717) is 25.9 Å². The van der Waals surface area contributed by atoms with Crippen LogP contribution in [-0.2, 0) is 9.59 Å². The van der Waals surface area contributed by atoms with Gasteiger partial charge in [0.2, 0.25) is 11.8 Å². The van der Waals surface area contributed by atoms with Crippen LogP contribution in [0.3, 0.4) is 0 Å². The summed E-state index contributed by atoms with van der Waals surface area (Å²) in [6.07, 6.45) is 2.10. The molecule has 0 radical (unpaired) electrons. The Hall–Kier alpha value is -1.10. The molecule has 2 amide bonds. The van der Waals surface area contributed by atoms with E-state index < -0.39 is 0 Å². The van der Waals surface area contributed by atoms with Gasteiger partial charge in [-0.3, -0.25) is 9.59 Å². The van der Waals surface area contributed by atoms with E-state index >= 15 is 0 Å². The molecule has 1 fully saturated rings. The molecule has 1 rings (SSSR count). The molecule has 0 aromatic heterocycles. The third kappa shape index (κ3) is 4.61. The summed E-state index contributed by atoms with van der Waals surface area (Å²) in [6, 6.07) is 0. The summed E-state index contributed by atoms with van der Waals surface area (Å²) in [5.74, 6) is 0.0764. The lowest BCUT2D eigenvalue weighted by molar-refractivity contribution is -0.128. The third-order valence-corrected chi connectivity index (χ3v) is 2.72. The minimum atomic E-state index is -0.0444. The van der Waals surface area contributed by atoms with Crippen molar-refractivity contribution in [3.8, 4) is 0 Å². The number of carbonyl (C=O) groups is 2. The first-order valence-electron chi connectivity index (χ1n) is 5.78. The number of nitrogens with zero attached hydrogens (tertiary/aromatic N) is 1. The Kier molecular flexibility index (Phi) is 5.25. The van der Waals surface area contributed by atoms with E-state index in [0.717, 1.165) is 13.0 Å². The van der Waals surface area contributed by atoms with Crippen LogP contribution in [-0.4, -0.2) is 50.4 Å². The van der Waals surface area contributed by atoms with Crippen LogP contribution in [0.15, 0.2) is 0 Å². The van der Waals surface area contributed by atoms with Crippen molar-refractivity contribution in [2.75, 3.05) is 33.7 Å². The molecule has 16 heavy (non-hydrogen) atoms. The smallest absolute Gasteiger partial charge is 0.224 e. The second-order valence-electron chi connectivity index (χ2n) is 4.49. The molecule has 1 aliphatic heterocycles. The summed E-state index contributed by atoms with van der Waals surface area (Å²) in [4.78, 5) is 24.7. The van der Waals surface area contributed by atoms with Crippen molar-refractivity contribution >= 4 is 11.8 Å². The molecule has 0 saturated carbocycles. The molecule has 0 aromatic rings. The van der Waals surface area contributed by atoms with Crippen molar-refractivity contribution < 1.29 is 9.59 Å². The predicted octanol–water partition coefficient (Wildman–Crippen LogP) is -0.419. The average molecular weight is 227 g/mol. The van der Waals surface area contributed by atoms with E-state index in [1.165, 1.54) is 0 Å². The molecule has 1 aliphatic rings. The number of piperidine rings is 1. The van der Waals surface area contributed by atoms with E-state index in [1.807, 2.05) is 14.1 Å². The monoisotopic (exact) mass is 227 g/mol. The van der Waals surface area contributed by atoms with E-state index in [2.05, 4.69) is 15.5 Å². The van der Waals surface area contributed by atoms with E-state index in [1.54, 1.807) is 0 Å². The van der Waals surface area contributed by atoms with Crippen molar-refractivity contribution in [1.82, 2.24) is 15.5 Å². The minimum absolute atomic E-state index is 0.0444. The zero-order valence-corrected chi connectivity index (χ0v) is 10.1. The second-order valence-corrected chi connectivity index (χ2v) is 4.49. The van der Waals surface area contributed by atoms with E-state index in [4.69, 9.17) is 0 Å². The van der Waals surface area contributed by atoms with Crippen molar-refractivity contribution in [3.05, 3.63) is 0 Å². The van der Waals surface area contributed by atoms with Crippen LogP contribution >= 0.6 is 0 Å². The molecular formula is C11H21N3O2. The first-order valence-corrected chi connectivity index (χ1v) is 5.78. The maximum absolute atomic E-state index is 11.7. The zero-order valence-electron chi connectivity index (χ0n) is 10.1. The highest BCUT2D eigenvalue weighted by Crippen LogP contribution is 2.10. The quantitative estimate of drug-likeness (QED) is 0.627. The van der Waals surface area contributed by atoms with Crippen molar-refractivity contribution in [2.45, 2.75) is 19.3 Å². The first kappa shape index (κ1) is 13.0. The molecule has 5 heteroatoms. The topological polar surface area (TPSA) is 61.4 Å². The molecule has 1 heterocycles. The number of hydrogen-bond donors (Lipinski definition) is 2. The standard InChI is InChI=1S/C11H21N3O2/c1-14(2)7-3-6-12-11(16)9-4-5-10(15)13-8-9/h9H,3-8H2,1-2H3,(H,12,16)(H,13,15). The normalized spacial score (nSPS) is 20.7. The SMILES string of the molecule is CN(C)CCCNC(=O)C1CCC(=O)NC1. The lowest BCUT2D eigenvalue weighted by Gasteiger charge is -2.21. The fourth-order valence-corrected chi connectivity index (χ4v) is 1.71. The predicted molar refractivity (Wildman–Crippen MR) is 61.9 cm³/mol. The van der Waals surface area contributed by atoms with Gasteiger partial charge >= 0.3 is 0 Å². The fraction of sp³-hybridized carbons (Fsp3) is 0.818. The third-order valence-electron chi connectivity index (χ3n) is 2.72. The molecule has 0 spiro atoms. The van der Waals surface area contributed by atoms with Gasteiger partial charge in [-0.2, -0.15) is 0 Å². The van der Waals surface area contributed by atoms with Crippen LogP contribution in [0.2, 0.25) is 0 Å². The van der Waals surface area contributed by atoms with Crippen LogP contribution in [0.25, 0.3) is 0 Å². The maximum Gasteiger partial charge on any atom is 0.224 e. The fourth-order valence-electron chi connectivity index (χ4n) is 1.71. The Bertz CT molecular complexity index is 244. The summed E-state index contributed by atoms with van der Waals surface area (Å²) in [5, 5.41) is 5.62. The summed E-state index contributed by atoms with van der Waals surface area (Å²) in [7, 11) is 4.02. The van der Waals surface area contributed by atoms with Crippen LogP contribution < -0.4 is 10.6 Å². The molecule has 1 atom stereocenters. The van der Waals surface area contributed by atoms with Gasteiger partial charge in [0.05, 0.1) is 5.92 Å². The van der Waals surface area contributed by atoms with Crippen LogP contribution in [0.1, 0.15) is 19.3 Å². The Morgan fingerprint density at radius 3 is 2.88 bits per heavy atom. The van der Waals surface area contributed by atoms with Gasteiger partial charge in [-0.05, 0) is 33.5 Å². The van der Waals surface area contributed by atoms with Gasteiger partial charge < -0.3 is 15.5 Å². The van der Waals surface area contributed by atoms with Gasteiger partial charge in [0.25, 0.3) is 0 Å². The van der Waals surface area contributed by atoms with Gasteiger partial charge in [-0.15, -0.1) is 0 Å². The Morgan fingerprint density at radius 1 is 1.56 bits per heavy atom. The lowest BCUT2D eigenvalue weighted by atomic mass is 9.98. The van der Waals surface area contributed by atoms with Gasteiger partial charge in [-0.25, -0.2) is 0 Å². The van der Waals surface area contributed by atoms with Crippen LogP contribution in [0.5, 0.6) is 0 Å². The molecule has 0 bridgehead atoms. The Labute approximate surface area is 96.6 Å². The Morgan fingerprint density at radius 2 is 2.31 bits per heavy atom. The molecule has 5 nitrogen and oxygen atoms in total. The van der Waals surface area contributed by atoms with E-state index in [9.17, 15) is 9.59 Å². The summed E-state index contributed by atoms with van der Waals surface area (Å²) in [5.41, 5.74) is 0. The zero-order chi connectivity index (χ0) is 12.0. The number of hydrogen-bond acceptors (Lipinski definition) is 3. The minimum Gasteiger partial charge on any atom is -0.356 e. The summed E-state index contributed by atoms with van der Waals surface area (Å²) < 4.78 is 0. The molecule has 0 aromatic carbocycles. The van der Waals surface area contributed by atoms with Crippen molar-refractivity contribution in [1.29, 1.82) is 0 Å². The maximum atomic E-state index is 11.7. The molecule has 0 aliphatic carbocycles. The second kappa shape index (κ2) is 6.48. The molecule has 2 N–H and O–H groups in total. The highest BCUT2D eigenvalue weighted by molar-refractivity contribution is 5.83. The highest BCUT2D eigenvalue weighted by Gasteiger charge is 2.23. The van der Waals surface area contributed by atoms with Gasteiger partial charge in [-0.1, -0.05) is 0 Å². The van der Waals surface area contributed by atoms with Gasteiger partial charge in [0.15, 0.2) is 0 Å². The highest BCUT2D eigenvalue weighted by atomic mass is 16.2. The number of nitrogens with one attached hydrogen (secondary N) is 2. The van der Waals surface area contributed by atoms with Crippen LogP contribution in [0, 0.1) is 5.92 Å². The van der Waals surface area contributed by atoms with Crippen molar-refractivity contribution in [2.24, 2.45) is 5.92 Å². The van der Waals surface area contributed by atoms with E-state index in [-0.39, 0.29) is 17.7 Å². The largest absolute Gasteiger partial charge is 0.356 e. The molecular weight excluding hydrogens is 206 g/mol. The number of amides is 2. The van der Waals surface area contributed by atoms with Gasteiger partial charge in [0.1, 0.15) is 0 Å². The molecule has 92 valence electrons. The average Bonchev–Trinajstić information content (AvgIpc) is 2.25. The van der Waals surface area contributed by atoms with Crippen LogP contribution in [0.4, 0.5) is 0 Å². The number of rotatable bonds is 5. The van der Waals surface area contributed by atoms with Gasteiger partial charge in [0, 0.05) is 19.5 Å². The van der Waals surface area contributed by atoms with Crippen molar-refractivity contribution in [3.63, 3.8) is 0 Å². The summed E-state index contributed by atoms with van der Waals surface area (Å²) in [6.45, 7) is 2.17. The first-order chi connectivity index (χ1) is 7.59. The number of carbonyl (C=O) groups excluding carboxylic acids is 2. The molecule has 1 unspecified atom stereocenters. The Balaban J connectivity index is 2.12. The molecule has 1 saturated heterocycles.